The third-order valence-corrected chi connectivity index (χ3v) is 5.74. The van der Waals surface area contributed by atoms with Crippen molar-refractivity contribution in [3.8, 4) is 0 Å². The van der Waals surface area contributed by atoms with E-state index in [1.807, 2.05) is 0 Å². The summed E-state index contributed by atoms with van der Waals surface area (Å²) < 4.78 is 24.2. The largest absolute Gasteiger partial charge is 0.481 e. The molecule has 0 aliphatic carbocycles. The number of carboxylic acid groups (broad SMARTS) is 1. The van der Waals surface area contributed by atoms with Gasteiger partial charge in [0.1, 0.15) is 6.29 Å². The Labute approximate surface area is 159 Å². The highest BCUT2D eigenvalue weighted by molar-refractivity contribution is 7.94. The Kier molecular flexibility index (Phi) is 7.49. The van der Waals surface area contributed by atoms with Gasteiger partial charge in [-0.25, -0.2) is 8.42 Å². The number of carbonyl (C=O) groups is 2. The summed E-state index contributed by atoms with van der Waals surface area (Å²) in [6.07, 6.45) is 4.46. The molecule has 1 atom stereocenters. The Balaban J connectivity index is 1.89. The van der Waals surface area contributed by atoms with Gasteiger partial charge in [-0.2, -0.15) is 0 Å². The van der Waals surface area contributed by atoms with Crippen LogP contribution in [0.4, 0.5) is 0 Å². The fourth-order valence-electron chi connectivity index (χ4n) is 2.84. The van der Waals surface area contributed by atoms with Crippen LogP contribution in [0.3, 0.4) is 0 Å². The number of benzene rings is 2. The number of hydrogen-bond donors (Lipinski definition) is 1. The third kappa shape index (κ3) is 5.89. The van der Waals surface area contributed by atoms with Crippen LogP contribution in [-0.2, 0) is 14.6 Å². The van der Waals surface area contributed by atoms with Crippen molar-refractivity contribution in [3.63, 3.8) is 0 Å². The van der Waals surface area contributed by atoms with Crippen molar-refractivity contribution in [2.24, 2.45) is 0 Å². The Morgan fingerprint density at radius 2 is 1.67 bits per heavy atom. The highest BCUT2D eigenvalue weighted by Crippen LogP contribution is 2.25. The number of carbonyl (C=O) groups excluding carboxylic acids is 1. The summed E-state index contributed by atoms with van der Waals surface area (Å²) >= 11 is 0. The molecule has 0 radical (unpaired) electrons. The Morgan fingerprint density at radius 1 is 1.00 bits per heavy atom. The molecule has 0 saturated carbocycles. The summed E-state index contributed by atoms with van der Waals surface area (Å²) in [5.41, 5.74) is 0.904. The lowest BCUT2D eigenvalue weighted by molar-refractivity contribution is -0.139. The SMILES string of the molecule is O=Cc1ccccc1C(CCCC/C=C/S(=O)(=O)c1ccccc1)C(=O)O. The Hall–Kier alpha value is -2.73. The van der Waals surface area contributed by atoms with Crippen molar-refractivity contribution < 1.29 is 23.1 Å². The maximum atomic E-state index is 12.1. The molecule has 27 heavy (non-hydrogen) atoms. The van der Waals surface area contributed by atoms with E-state index in [4.69, 9.17) is 0 Å². The van der Waals surface area contributed by atoms with E-state index < -0.39 is 21.7 Å². The summed E-state index contributed by atoms with van der Waals surface area (Å²) in [6, 6.07) is 14.9. The number of aldehydes is 1. The van der Waals surface area contributed by atoms with Crippen LogP contribution >= 0.6 is 0 Å². The summed E-state index contributed by atoms with van der Waals surface area (Å²) in [7, 11) is -3.44. The first-order valence-electron chi connectivity index (χ1n) is 8.69. The average molecular weight is 386 g/mol. The lowest BCUT2D eigenvalue weighted by Gasteiger charge is -2.14. The van der Waals surface area contributed by atoms with E-state index >= 15 is 0 Å². The number of carboxylic acids is 1. The van der Waals surface area contributed by atoms with E-state index in [0.717, 1.165) is 0 Å². The van der Waals surface area contributed by atoms with E-state index in [1.54, 1.807) is 60.7 Å². The quantitative estimate of drug-likeness (QED) is 0.488. The molecular weight excluding hydrogens is 364 g/mol. The molecule has 0 bridgehead atoms. The molecule has 0 fully saturated rings. The zero-order valence-electron chi connectivity index (χ0n) is 14.8. The molecule has 2 aromatic carbocycles. The molecule has 2 rings (SSSR count). The van der Waals surface area contributed by atoms with E-state index in [1.165, 1.54) is 5.41 Å². The van der Waals surface area contributed by atoms with Crippen molar-refractivity contribution in [1.82, 2.24) is 0 Å². The monoisotopic (exact) mass is 386 g/mol. The maximum Gasteiger partial charge on any atom is 0.310 e. The first kappa shape index (κ1) is 20.6. The highest BCUT2D eigenvalue weighted by atomic mass is 32.2. The summed E-state index contributed by atoms with van der Waals surface area (Å²) in [6.45, 7) is 0. The van der Waals surface area contributed by atoms with Gasteiger partial charge in [0.05, 0.1) is 10.8 Å². The van der Waals surface area contributed by atoms with Crippen LogP contribution in [0, 0.1) is 0 Å². The Bertz CT molecular complexity index is 901. The molecular formula is C21H22O5S. The molecule has 2 aromatic rings. The second-order valence-corrected chi connectivity index (χ2v) is 7.99. The van der Waals surface area contributed by atoms with Crippen LogP contribution in [0.2, 0.25) is 0 Å². The number of unbranched alkanes of at least 4 members (excludes halogenated alkanes) is 2. The van der Waals surface area contributed by atoms with Crippen LogP contribution in [0.5, 0.6) is 0 Å². The number of sulfone groups is 1. The maximum absolute atomic E-state index is 12.1. The minimum Gasteiger partial charge on any atom is -0.481 e. The van der Waals surface area contributed by atoms with Gasteiger partial charge in [0.15, 0.2) is 9.84 Å². The first-order valence-corrected chi connectivity index (χ1v) is 10.2. The predicted molar refractivity (Wildman–Crippen MR) is 103 cm³/mol. The second-order valence-electron chi connectivity index (χ2n) is 6.15. The lowest BCUT2D eigenvalue weighted by atomic mass is 9.90. The van der Waals surface area contributed by atoms with Crippen molar-refractivity contribution >= 4 is 22.1 Å². The van der Waals surface area contributed by atoms with Gasteiger partial charge in [0, 0.05) is 11.0 Å². The average Bonchev–Trinajstić information content (AvgIpc) is 2.68. The second kappa shape index (κ2) is 9.83. The van der Waals surface area contributed by atoms with Crippen LogP contribution in [-0.4, -0.2) is 25.8 Å². The molecule has 0 aliphatic rings. The topological polar surface area (TPSA) is 88.5 Å². The van der Waals surface area contributed by atoms with Crippen molar-refractivity contribution in [2.45, 2.75) is 36.5 Å². The molecule has 142 valence electrons. The molecule has 0 saturated heterocycles. The van der Waals surface area contributed by atoms with Crippen LogP contribution < -0.4 is 0 Å². The lowest BCUT2D eigenvalue weighted by Crippen LogP contribution is -2.13. The minimum atomic E-state index is -3.44. The number of rotatable bonds is 10. The molecule has 0 aromatic heterocycles. The summed E-state index contributed by atoms with van der Waals surface area (Å²) in [4.78, 5) is 22.9. The number of allylic oxidation sites excluding steroid dienone is 1. The van der Waals surface area contributed by atoms with Gasteiger partial charge in [0.2, 0.25) is 0 Å². The smallest absolute Gasteiger partial charge is 0.310 e. The molecule has 0 heterocycles. The highest BCUT2D eigenvalue weighted by Gasteiger charge is 2.21. The van der Waals surface area contributed by atoms with Gasteiger partial charge < -0.3 is 5.11 Å². The standard InChI is InChI=1S/C21H22O5S/c22-16-17-10-7-8-13-19(17)20(21(23)24)14-6-1-2-9-15-27(25,26)18-11-4-3-5-12-18/h3-5,7-13,15-16,20H,1-2,6,14H2,(H,23,24)/b15-9+. The van der Waals surface area contributed by atoms with Crippen LogP contribution in [0.25, 0.3) is 0 Å². The number of hydrogen-bond acceptors (Lipinski definition) is 4. The van der Waals surface area contributed by atoms with Gasteiger partial charge in [-0.3, -0.25) is 9.59 Å². The summed E-state index contributed by atoms with van der Waals surface area (Å²) in [5, 5.41) is 10.7. The zero-order valence-corrected chi connectivity index (χ0v) is 15.6. The fourth-order valence-corrected chi connectivity index (χ4v) is 3.92. The normalized spacial score (nSPS) is 12.7. The van der Waals surface area contributed by atoms with Crippen LogP contribution in [0.15, 0.2) is 71.0 Å². The molecule has 0 spiro atoms. The van der Waals surface area contributed by atoms with Gasteiger partial charge in [0.25, 0.3) is 0 Å². The van der Waals surface area contributed by atoms with Gasteiger partial charge in [-0.05, 0) is 37.0 Å². The Morgan fingerprint density at radius 3 is 2.33 bits per heavy atom. The van der Waals surface area contributed by atoms with Crippen molar-refractivity contribution in [3.05, 3.63) is 77.2 Å². The molecule has 1 unspecified atom stereocenters. The first-order chi connectivity index (χ1) is 13.0. The molecule has 5 nitrogen and oxygen atoms in total. The van der Waals surface area contributed by atoms with Crippen LogP contribution in [0.1, 0.15) is 47.5 Å². The molecule has 6 heteroatoms. The predicted octanol–water partition coefficient (Wildman–Crippen LogP) is 4.22. The molecule has 0 aliphatic heterocycles. The zero-order chi connectivity index (χ0) is 19.7. The van der Waals surface area contributed by atoms with Gasteiger partial charge in [-0.1, -0.05) is 55.0 Å². The molecule has 1 N–H and O–H groups in total. The fraction of sp³-hybridized carbons (Fsp3) is 0.238. The summed E-state index contributed by atoms with van der Waals surface area (Å²) in [5.74, 6) is -1.71. The van der Waals surface area contributed by atoms with Crippen molar-refractivity contribution in [1.29, 1.82) is 0 Å². The van der Waals surface area contributed by atoms with E-state index in [2.05, 4.69) is 0 Å². The number of aliphatic carboxylic acids is 1. The molecule has 0 amide bonds. The van der Waals surface area contributed by atoms with Crippen molar-refractivity contribution in [2.75, 3.05) is 0 Å². The van der Waals surface area contributed by atoms with E-state index in [-0.39, 0.29) is 4.90 Å². The minimum absolute atomic E-state index is 0.248. The van der Waals surface area contributed by atoms with E-state index in [0.29, 0.717) is 43.1 Å². The van der Waals surface area contributed by atoms with E-state index in [9.17, 15) is 23.1 Å². The van der Waals surface area contributed by atoms with Gasteiger partial charge in [-0.15, -0.1) is 0 Å². The third-order valence-electron chi connectivity index (χ3n) is 4.26. The van der Waals surface area contributed by atoms with Gasteiger partial charge >= 0.3 is 5.97 Å².